The third-order valence-corrected chi connectivity index (χ3v) is 18.4. The highest BCUT2D eigenvalue weighted by molar-refractivity contribution is 7.99. The van der Waals surface area contributed by atoms with Gasteiger partial charge in [-0.3, -0.25) is 47.9 Å². The molecule has 1 fully saturated rings. The van der Waals surface area contributed by atoms with E-state index in [0.29, 0.717) is 25.7 Å². The first-order valence-electron chi connectivity index (χ1n) is 37.2. The molecule has 548 valence electrons. The number of ether oxygens (including phenoxy) is 2. The molecule has 22 nitrogen and oxygen atoms in total. The Morgan fingerprint density at radius 2 is 0.874 bits per heavy atom. The van der Waals surface area contributed by atoms with Crippen LogP contribution in [0, 0.1) is 5.92 Å². The molecular formula is C72H129N7O15S. The van der Waals surface area contributed by atoms with E-state index in [1.165, 1.54) is 159 Å². The van der Waals surface area contributed by atoms with Gasteiger partial charge < -0.3 is 56.5 Å². The summed E-state index contributed by atoms with van der Waals surface area (Å²) in [7, 11) is 0. The van der Waals surface area contributed by atoms with Crippen molar-refractivity contribution < 1.29 is 72.4 Å². The molecule has 7 amide bonds. The highest BCUT2D eigenvalue weighted by Gasteiger charge is 2.40. The quantitative estimate of drug-likeness (QED) is 0.0207. The first kappa shape index (κ1) is 87.5. The summed E-state index contributed by atoms with van der Waals surface area (Å²) in [5.74, 6) is -8.59. The number of likely N-dealkylation sites (tertiary alicyclic amines) is 1. The summed E-state index contributed by atoms with van der Waals surface area (Å²) in [6.07, 6.45) is 40.9. The maximum Gasteiger partial charge on any atom is 0.326 e. The second-order valence-electron chi connectivity index (χ2n) is 26.6. The van der Waals surface area contributed by atoms with Gasteiger partial charge in [0.05, 0.1) is 26.1 Å². The molecule has 1 aliphatic heterocycles. The van der Waals surface area contributed by atoms with Gasteiger partial charge in [0.25, 0.3) is 0 Å². The van der Waals surface area contributed by atoms with Crippen molar-refractivity contribution in [1.82, 2.24) is 36.8 Å². The molecule has 0 radical (unpaired) electrons. The third-order valence-electron chi connectivity index (χ3n) is 17.2. The number of amides is 7. The Kier molecular flexibility index (Phi) is 54.0. The van der Waals surface area contributed by atoms with E-state index in [2.05, 4.69) is 52.7 Å². The number of nitrogens with one attached hydrogen (secondary N) is 6. The van der Waals surface area contributed by atoms with Crippen LogP contribution in [0.1, 0.15) is 311 Å². The van der Waals surface area contributed by atoms with Crippen LogP contribution in [0.2, 0.25) is 0 Å². The smallest absolute Gasteiger partial charge is 0.326 e. The summed E-state index contributed by atoms with van der Waals surface area (Å²) in [6.45, 7) is 8.15. The Bertz CT molecular complexity index is 2160. The van der Waals surface area contributed by atoms with E-state index in [9.17, 15) is 63.0 Å². The van der Waals surface area contributed by atoms with Crippen molar-refractivity contribution in [2.24, 2.45) is 5.92 Å². The maximum atomic E-state index is 13.8. The Labute approximate surface area is 574 Å². The molecule has 0 spiro atoms. The standard InChI is InChI=1S/C72H129N7O15S/c1-6-9-12-15-18-21-24-26-28-31-34-37-40-45-67(86)93-53-57(94-68(87)46-41-38-35-32-29-27-25-22-19-16-13-10-7-2)54-95-55-60(77-62(80)44-39-36-33-30-23-20-17-14-11-8-3)69(88)75-51-64(82)73-50-63(81)74-52-65(83)76-58(49-66(84)85)71(90)79-47-42-43-61(79)70(89)78-59(72(91)92)48-56(4)5/h56-61H,6-55H2,1-5H3,(H,73,82)(H,74,81)(H,75,88)(H,76,83)(H,77,80)(H,78,89)(H,84,85)(H,91,92). The molecule has 0 aliphatic carbocycles. The number of esters is 2. The molecule has 0 saturated carbocycles. The summed E-state index contributed by atoms with van der Waals surface area (Å²) in [6, 6.07) is -5.08. The number of thioether (sulfide) groups is 1. The second-order valence-corrected chi connectivity index (χ2v) is 27.7. The molecular weight excluding hydrogens is 1230 g/mol. The van der Waals surface area contributed by atoms with Crippen LogP contribution in [0.25, 0.3) is 0 Å². The van der Waals surface area contributed by atoms with Crippen LogP contribution in [-0.2, 0) is 62.2 Å². The van der Waals surface area contributed by atoms with Crippen molar-refractivity contribution in [2.75, 3.05) is 44.3 Å². The Balaban J connectivity index is 2.97. The van der Waals surface area contributed by atoms with Gasteiger partial charge in [-0.2, -0.15) is 11.8 Å². The Hall–Kier alpha value is -5.48. The molecule has 8 N–H and O–H groups in total. The zero-order chi connectivity index (χ0) is 70.1. The van der Waals surface area contributed by atoms with Gasteiger partial charge in [0.2, 0.25) is 41.4 Å². The Morgan fingerprint density at radius 3 is 1.32 bits per heavy atom. The van der Waals surface area contributed by atoms with Crippen molar-refractivity contribution in [3.05, 3.63) is 0 Å². The molecule has 95 heavy (non-hydrogen) atoms. The number of carbonyl (C=O) groups excluding carboxylic acids is 9. The van der Waals surface area contributed by atoms with E-state index in [-0.39, 0.29) is 74.6 Å². The molecule has 0 bridgehead atoms. The number of carboxylic acids is 2. The van der Waals surface area contributed by atoms with Crippen molar-refractivity contribution >= 4 is 77.0 Å². The number of rotatable bonds is 63. The number of nitrogens with zero attached hydrogens (tertiary/aromatic N) is 1. The van der Waals surface area contributed by atoms with Crippen molar-refractivity contribution in [3.8, 4) is 0 Å². The van der Waals surface area contributed by atoms with Gasteiger partial charge >= 0.3 is 23.9 Å². The fourth-order valence-corrected chi connectivity index (χ4v) is 12.6. The fraction of sp³-hybridized carbons (Fsp3) is 0.847. The lowest BCUT2D eigenvalue weighted by molar-refractivity contribution is -0.157. The molecule has 0 aromatic carbocycles. The number of carboxylic acid groups (broad SMARTS) is 2. The topological polar surface area (TPSA) is 322 Å². The zero-order valence-corrected chi connectivity index (χ0v) is 60.2. The minimum Gasteiger partial charge on any atom is -0.481 e. The lowest BCUT2D eigenvalue weighted by Crippen LogP contribution is -2.56. The molecule has 1 heterocycles. The molecule has 5 unspecified atom stereocenters. The van der Waals surface area contributed by atoms with Crippen LogP contribution < -0.4 is 31.9 Å². The summed E-state index contributed by atoms with van der Waals surface area (Å²) in [5.41, 5.74) is 0. The van der Waals surface area contributed by atoms with E-state index in [0.717, 1.165) is 69.1 Å². The number of unbranched alkanes of at least 4 members (excludes halogenated alkanes) is 33. The maximum absolute atomic E-state index is 13.8. The molecule has 5 atom stereocenters. The van der Waals surface area contributed by atoms with E-state index < -0.39 is 110 Å². The van der Waals surface area contributed by atoms with Crippen LogP contribution >= 0.6 is 11.8 Å². The van der Waals surface area contributed by atoms with E-state index in [1.54, 1.807) is 13.8 Å². The molecule has 0 aromatic rings. The fourth-order valence-electron chi connectivity index (χ4n) is 11.6. The predicted molar refractivity (Wildman–Crippen MR) is 374 cm³/mol. The van der Waals surface area contributed by atoms with Crippen molar-refractivity contribution in [1.29, 1.82) is 0 Å². The SMILES string of the molecule is CCCCCCCCCCCCCCCC(=O)OCC(CSCC(NC(=O)CCCCCCCCCCCC)C(=O)NCC(=O)NCC(=O)NCC(=O)NC(CC(=O)O)C(=O)N1CCCC1C(=O)NC(CC(C)C)C(=O)O)OC(=O)CCCCCCCCCCCCCCC. The third kappa shape index (κ3) is 48.8. The lowest BCUT2D eigenvalue weighted by Gasteiger charge is -2.29. The number of aliphatic carboxylic acids is 2. The van der Waals surface area contributed by atoms with Gasteiger partial charge in [-0.25, -0.2) is 4.79 Å². The van der Waals surface area contributed by atoms with Crippen LogP contribution in [0.15, 0.2) is 0 Å². The molecule has 0 aromatic heterocycles. The average Bonchev–Trinajstić information content (AvgIpc) is 1.74. The largest absolute Gasteiger partial charge is 0.481 e. The van der Waals surface area contributed by atoms with Gasteiger partial charge in [-0.1, -0.05) is 247 Å². The molecule has 1 rings (SSSR count). The van der Waals surface area contributed by atoms with Gasteiger partial charge in [0.15, 0.2) is 0 Å². The minimum absolute atomic E-state index is 0.0139. The first-order valence-corrected chi connectivity index (χ1v) is 38.3. The number of carbonyl (C=O) groups is 11. The van der Waals surface area contributed by atoms with Crippen LogP contribution in [0.4, 0.5) is 0 Å². The first-order chi connectivity index (χ1) is 45.8. The van der Waals surface area contributed by atoms with Gasteiger partial charge in [-0.15, -0.1) is 0 Å². The van der Waals surface area contributed by atoms with Crippen LogP contribution in [0.3, 0.4) is 0 Å². The molecule has 23 heteroatoms. The highest BCUT2D eigenvalue weighted by atomic mass is 32.2. The second kappa shape index (κ2) is 58.7. The lowest BCUT2D eigenvalue weighted by atomic mass is 10.0. The summed E-state index contributed by atoms with van der Waals surface area (Å²) in [4.78, 5) is 144. The normalized spacial score (nSPS) is 14.1. The summed E-state index contributed by atoms with van der Waals surface area (Å²) in [5, 5.41) is 34.0. The average molecular weight is 1360 g/mol. The van der Waals surface area contributed by atoms with Crippen molar-refractivity contribution in [3.63, 3.8) is 0 Å². The predicted octanol–water partition coefficient (Wildman–Crippen LogP) is 11.8. The van der Waals surface area contributed by atoms with Gasteiger partial charge in [0, 0.05) is 37.3 Å². The van der Waals surface area contributed by atoms with Crippen molar-refractivity contribution in [2.45, 2.75) is 341 Å². The number of hydrogen-bond acceptors (Lipinski definition) is 14. The van der Waals surface area contributed by atoms with Gasteiger partial charge in [0.1, 0.15) is 36.9 Å². The molecule has 1 saturated heterocycles. The van der Waals surface area contributed by atoms with E-state index in [1.807, 2.05) is 0 Å². The Morgan fingerprint density at radius 1 is 0.463 bits per heavy atom. The van der Waals surface area contributed by atoms with Gasteiger partial charge in [-0.05, 0) is 44.4 Å². The monoisotopic (exact) mass is 1360 g/mol. The minimum atomic E-state index is -1.64. The number of hydrogen-bond donors (Lipinski definition) is 8. The zero-order valence-electron chi connectivity index (χ0n) is 59.4. The van der Waals surface area contributed by atoms with Crippen LogP contribution in [0.5, 0.6) is 0 Å². The highest BCUT2D eigenvalue weighted by Crippen LogP contribution is 2.22. The molecule has 1 aliphatic rings. The summed E-state index contributed by atoms with van der Waals surface area (Å²) >= 11 is 1.22. The van der Waals surface area contributed by atoms with E-state index >= 15 is 0 Å². The summed E-state index contributed by atoms with van der Waals surface area (Å²) < 4.78 is 11.6. The van der Waals surface area contributed by atoms with E-state index in [4.69, 9.17) is 9.47 Å². The van der Waals surface area contributed by atoms with Crippen LogP contribution in [-0.4, -0.2) is 155 Å².